The van der Waals surface area contributed by atoms with E-state index in [1.165, 1.54) is 13.2 Å². The van der Waals surface area contributed by atoms with Crippen LogP contribution in [0.25, 0.3) is 0 Å². The zero-order chi connectivity index (χ0) is 11.7. The number of carboxylic acids is 1. The monoisotopic (exact) mass is 242 g/mol. The lowest BCUT2D eigenvalue weighted by molar-refractivity contribution is 0.0691. The number of benzene rings is 1. The molecule has 1 aliphatic rings. The molecule has 0 amide bonds. The highest BCUT2D eigenvalue weighted by molar-refractivity contribution is 6.31. The third-order valence-electron chi connectivity index (χ3n) is 2.28. The van der Waals surface area contributed by atoms with Gasteiger partial charge in [-0.25, -0.2) is 4.79 Å². The molecule has 0 aromatic heterocycles. The number of carbonyl (C=O) groups is 1. The van der Waals surface area contributed by atoms with Gasteiger partial charge in [-0.2, -0.15) is 0 Å². The minimum atomic E-state index is -1.07. The minimum absolute atomic E-state index is 0.0382. The fourth-order valence-corrected chi connectivity index (χ4v) is 1.56. The van der Waals surface area contributed by atoms with Crippen molar-refractivity contribution in [3.63, 3.8) is 0 Å². The van der Waals surface area contributed by atoms with Crippen molar-refractivity contribution in [1.29, 1.82) is 0 Å². The number of halogens is 1. The van der Waals surface area contributed by atoms with Crippen LogP contribution in [0, 0.1) is 0 Å². The van der Waals surface area contributed by atoms with Gasteiger partial charge in [0.1, 0.15) is 5.56 Å². The van der Waals surface area contributed by atoms with Crippen LogP contribution in [0.5, 0.6) is 11.5 Å². The highest BCUT2D eigenvalue weighted by Crippen LogP contribution is 2.38. The van der Waals surface area contributed by atoms with E-state index >= 15 is 0 Å². The maximum Gasteiger partial charge on any atom is 0.339 e. The van der Waals surface area contributed by atoms with Crippen molar-refractivity contribution < 1.29 is 19.4 Å². The highest BCUT2D eigenvalue weighted by Gasteiger charge is 2.28. The van der Waals surface area contributed by atoms with Gasteiger partial charge in [0.25, 0.3) is 0 Å². The fourth-order valence-electron chi connectivity index (χ4n) is 1.35. The second-order valence-corrected chi connectivity index (χ2v) is 4.04. The molecule has 1 aromatic rings. The van der Waals surface area contributed by atoms with Crippen LogP contribution in [0.15, 0.2) is 12.1 Å². The predicted molar refractivity (Wildman–Crippen MR) is 58.6 cm³/mol. The standard InChI is InChI=1S/C11H11ClO4/c1-15-9-5-6(12)4-8(11(13)14)10(9)16-7-2-3-7/h4-5,7H,2-3H2,1H3,(H,13,14). The van der Waals surface area contributed by atoms with Crippen LogP contribution in [-0.4, -0.2) is 24.3 Å². The second-order valence-electron chi connectivity index (χ2n) is 3.61. The van der Waals surface area contributed by atoms with Crippen LogP contribution in [0.3, 0.4) is 0 Å². The molecule has 0 saturated heterocycles. The van der Waals surface area contributed by atoms with Crippen LogP contribution >= 0.6 is 11.6 Å². The number of hydrogen-bond acceptors (Lipinski definition) is 3. The van der Waals surface area contributed by atoms with Crippen LogP contribution in [0.2, 0.25) is 5.02 Å². The van der Waals surface area contributed by atoms with E-state index in [1.54, 1.807) is 6.07 Å². The van der Waals surface area contributed by atoms with Crippen molar-refractivity contribution >= 4 is 17.6 Å². The summed E-state index contributed by atoms with van der Waals surface area (Å²) in [5.74, 6) is -0.449. The normalized spacial score (nSPS) is 14.6. The molecule has 4 nitrogen and oxygen atoms in total. The lowest BCUT2D eigenvalue weighted by Gasteiger charge is -2.13. The Morgan fingerprint density at radius 1 is 1.50 bits per heavy atom. The molecule has 0 unspecified atom stereocenters. The molecule has 5 heteroatoms. The van der Waals surface area contributed by atoms with Crippen molar-refractivity contribution in [3.8, 4) is 11.5 Å². The molecule has 1 aliphatic carbocycles. The SMILES string of the molecule is COc1cc(Cl)cc(C(=O)O)c1OC1CC1. The van der Waals surface area contributed by atoms with E-state index in [0.717, 1.165) is 12.8 Å². The van der Waals surface area contributed by atoms with E-state index in [0.29, 0.717) is 10.8 Å². The van der Waals surface area contributed by atoms with Crippen molar-refractivity contribution in [2.75, 3.05) is 7.11 Å². The zero-order valence-corrected chi connectivity index (χ0v) is 9.45. The van der Waals surface area contributed by atoms with Crippen LogP contribution in [0.4, 0.5) is 0 Å². The van der Waals surface area contributed by atoms with Crippen molar-refractivity contribution in [2.24, 2.45) is 0 Å². The Balaban J connectivity index is 2.45. The number of methoxy groups -OCH3 is 1. The predicted octanol–water partition coefficient (Wildman–Crippen LogP) is 2.59. The van der Waals surface area contributed by atoms with Gasteiger partial charge in [-0.15, -0.1) is 0 Å². The number of hydrogen-bond donors (Lipinski definition) is 1. The van der Waals surface area contributed by atoms with Crippen LogP contribution in [0.1, 0.15) is 23.2 Å². The van der Waals surface area contributed by atoms with E-state index in [9.17, 15) is 4.79 Å². The summed E-state index contributed by atoms with van der Waals surface area (Å²) in [7, 11) is 1.46. The second kappa shape index (κ2) is 4.22. The minimum Gasteiger partial charge on any atom is -0.493 e. The summed E-state index contributed by atoms with van der Waals surface area (Å²) < 4.78 is 10.6. The third-order valence-corrected chi connectivity index (χ3v) is 2.50. The van der Waals surface area contributed by atoms with Crippen molar-refractivity contribution in [3.05, 3.63) is 22.7 Å². The molecule has 1 N–H and O–H groups in total. The quantitative estimate of drug-likeness (QED) is 0.882. The Bertz CT molecular complexity index is 426. The van der Waals surface area contributed by atoms with Gasteiger partial charge in [0.2, 0.25) is 0 Å². The molecule has 16 heavy (non-hydrogen) atoms. The van der Waals surface area contributed by atoms with Gasteiger partial charge in [0.05, 0.1) is 13.2 Å². The smallest absolute Gasteiger partial charge is 0.339 e. The van der Waals surface area contributed by atoms with Gasteiger partial charge in [0.15, 0.2) is 11.5 Å². The Kier molecular flexibility index (Phi) is 2.92. The van der Waals surface area contributed by atoms with Crippen molar-refractivity contribution in [1.82, 2.24) is 0 Å². The first-order valence-electron chi connectivity index (χ1n) is 4.89. The first-order chi connectivity index (χ1) is 7.61. The number of rotatable bonds is 4. The Morgan fingerprint density at radius 3 is 2.69 bits per heavy atom. The summed E-state index contributed by atoms with van der Waals surface area (Å²) >= 11 is 5.80. The molecule has 1 aromatic carbocycles. The molecule has 0 aliphatic heterocycles. The first-order valence-corrected chi connectivity index (χ1v) is 5.27. The van der Waals surface area contributed by atoms with E-state index in [2.05, 4.69) is 0 Å². The summed E-state index contributed by atoms with van der Waals surface area (Å²) in [5, 5.41) is 9.37. The van der Waals surface area contributed by atoms with Gasteiger partial charge in [-0.1, -0.05) is 11.6 Å². The van der Waals surface area contributed by atoms with Gasteiger partial charge < -0.3 is 14.6 Å². The molecular weight excluding hydrogens is 232 g/mol. The molecule has 0 bridgehead atoms. The Morgan fingerprint density at radius 2 is 2.19 bits per heavy atom. The Labute approximate surface area is 97.7 Å². The molecule has 0 radical (unpaired) electrons. The summed E-state index contributed by atoms with van der Waals surface area (Å²) in [5.41, 5.74) is 0.0382. The van der Waals surface area contributed by atoms with E-state index < -0.39 is 5.97 Å². The van der Waals surface area contributed by atoms with Crippen molar-refractivity contribution in [2.45, 2.75) is 18.9 Å². The topological polar surface area (TPSA) is 55.8 Å². The molecule has 0 atom stereocenters. The first kappa shape index (κ1) is 11.1. The summed E-state index contributed by atoms with van der Waals surface area (Å²) in [6, 6.07) is 2.91. The van der Waals surface area contributed by atoms with E-state index in [4.69, 9.17) is 26.2 Å². The Hall–Kier alpha value is -1.42. The average molecular weight is 243 g/mol. The molecule has 2 rings (SSSR count). The maximum absolute atomic E-state index is 11.0. The molecular formula is C11H11ClO4. The largest absolute Gasteiger partial charge is 0.493 e. The lowest BCUT2D eigenvalue weighted by Crippen LogP contribution is -2.06. The maximum atomic E-state index is 11.0. The van der Waals surface area contributed by atoms with Crippen LogP contribution in [-0.2, 0) is 0 Å². The summed E-state index contributed by atoms with van der Waals surface area (Å²) in [4.78, 5) is 11.0. The highest BCUT2D eigenvalue weighted by atomic mass is 35.5. The molecule has 86 valence electrons. The average Bonchev–Trinajstić information content (AvgIpc) is 3.03. The molecule has 1 fully saturated rings. The zero-order valence-electron chi connectivity index (χ0n) is 8.70. The summed E-state index contributed by atoms with van der Waals surface area (Å²) in [6.45, 7) is 0. The van der Waals surface area contributed by atoms with Gasteiger partial charge in [-0.05, 0) is 18.9 Å². The molecule has 0 heterocycles. The van der Waals surface area contributed by atoms with Gasteiger partial charge in [0, 0.05) is 11.1 Å². The number of ether oxygens (including phenoxy) is 2. The molecule has 1 saturated carbocycles. The van der Waals surface area contributed by atoms with E-state index in [-0.39, 0.29) is 17.4 Å². The van der Waals surface area contributed by atoms with Gasteiger partial charge >= 0.3 is 5.97 Å². The van der Waals surface area contributed by atoms with E-state index in [1.807, 2.05) is 0 Å². The summed E-state index contributed by atoms with van der Waals surface area (Å²) in [6.07, 6.45) is 2.00. The van der Waals surface area contributed by atoms with Gasteiger partial charge in [-0.3, -0.25) is 0 Å². The lowest BCUT2D eigenvalue weighted by atomic mass is 10.2. The molecule has 0 spiro atoms. The number of carboxylic acid groups (broad SMARTS) is 1. The third kappa shape index (κ3) is 2.22. The fraction of sp³-hybridized carbons (Fsp3) is 0.364. The number of aromatic carboxylic acids is 1. The van der Waals surface area contributed by atoms with Crippen LogP contribution < -0.4 is 9.47 Å².